The van der Waals surface area contributed by atoms with Crippen molar-refractivity contribution in [1.29, 1.82) is 0 Å². The molecule has 1 aromatic rings. The van der Waals surface area contributed by atoms with Crippen molar-refractivity contribution in [2.45, 2.75) is 12.3 Å². The Morgan fingerprint density at radius 3 is 2.90 bits per heavy atom. The summed E-state index contributed by atoms with van der Waals surface area (Å²) in [7, 11) is 0. The van der Waals surface area contributed by atoms with Gasteiger partial charge in [-0.05, 0) is 6.92 Å². The Kier molecular flexibility index (Phi) is 1.05. The third kappa shape index (κ3) is 0.654. The first-order valence-corrected chi connectivity index (χ1v) is 3.29. The lowest BCUT2D eigenvalue weighted by Gasteiger charge is -2.35. The van der Waals surface area contributed by atoms with Gasteiger partial charge in [0.15, 0.2) is 0 Å². The lowest BCUT2D eigenvalue weighted by Crippen LogP contribution is -2.54. The van der Waals surface area contributed by atoms with Crippen LogP contribution in [0.25, 0.3) is 0 Å². The molecule has 1 aliphatic rings. The molecule has 1 aliphatic heterocycles. The Morgan fingerprint density at radius 1 is 1.70 bits per heavy atom. The summed E-state index contributed by atoms with van der Waals surface area (Å²) >= 11 is 0. The molecule has 0 amide bonds. The fraction of sp³-hybridized carbons (Fsp3) is 0.667. The number of hydrogen-bond donors (Lipinski definition) is 1. The van der Waals surface area contributed by atoms with Crippen LogP contribution >= 0.6 is 0 Å². The highest BCUT2D eigenvalue weighted by molar-refractivity contribution is 5.09. The predicted octanol–water partition coefficient (Wildman–Crippen LogP) is -0.0695. The molecule has 4 nitrogen and oxygen atoms in total. The molecule has 0 radical (unpaired) electrons. The Balaban J connectivity index is 2.27. The zero-order chi connectivity index (χ0) is 7.03. The molecule has 0 bridgehead atoms. The molecular formula is C6H9N3O. The zero-order valence-corrected chi connectivity index (χ0v) is 5.79. The van der Waals surface area contributed by atoms with Gasteiger partial charge >= 0.3 is 0 Å². The fourth-order valence-corrected chi connectivity index (χ4v) is 1.09. The van der Waals surface area contributed by atoms with Crippen LogP contribution < -0.4 is 5.32 Å². The molecule has 2 heterocycles. The third-order valence-electron chi connectivity index (χ3n) is 1.91. The van der Waals surface area contributed by atoms with Gasteiger partial charge in [0.1, 0.15) is 0 Å². The molecule has 1 aromatic heterocycles. The molecule has 10 heavy (non-hydrogen) atoms. The summed E-state index contributed by atoms with van der Waals surface area (Å²) in [6, 6.07) is 0. The van der Waals surface area contributed by atoms with Crippen molar-refractivity contribution in [3.05, 3.63) is 12.3 Å². The van der Waals surface area contributed by atoms with Crippen LogP contribution in [0.3, 0.4) is 0 Å². The lowest BCUT2D eigenvalue weighted by molar-refractivity contribution is 0.242. The highest BCUT2D eigenvalue weighted by Crippen LogP contribution is 2.24. The molecule has 0 unspecified atom stereocenters. The van der Waals surface area contributed by atoms with E-state index in [-0.39, 0.29) is 5.41 Å². The van der Waals surface area contributed by atoms with E-state index < -0.39 is 0 Å². The van der Waals surface area contributed by atoms with Crippen LogP contribution in [-0.2, 0) is 5.41 Å². The summed E-state index contributed by atoms with van der Waals surface area (Å²) in [5.41, 5.74) is 0.0938. The van der Waals surface area contributed by atoms with Crippen molar-refractivity contribution < 1.29 is 4.42 Å². The van der Waals surface area contributed by atoms with Crippen LogP contribution in [-0.4, -0.2) is 23.3 Å². The molecule has 4 heteroatoms. The quantitative estimate of drug-likeness (QED) is 0.591. The largest absolute Gasteiger partial charge is 0.427 e. The standard InChI is InChI=1S/C6H9N3O/c1-6(2-7-3-6)5-9-8-4-10-5/h4,7H,2-3H2,1H3. The SMILES string of the molecule is CC1(c2nnco2)CNC1. The van der Waals surface area contributed by atoms with Crippen LogP contribution in [0.1, 0.15) is 12.8 Å². The molecule has 2 rings (SSSR count). The van der Waals surface area contributed by atoms with E-state index in [9.17, 15) is 0 Å². The molecule has 54 valence electrons. The topological polar surface area (TPSA) is 51.0 Å². The van der Waals surface area contributed by atoms with E-state index in [2.05, 4.69) is 22.4 Å². The van der Waals surface area contributed by atoms with E-state index in [0.717, 1.165) is 19.0 Å². The third-order valence-corrected chi connectivity index (χ3v) is 1.91. The second kappa shape index (κ2) is 1.79. The van der Waals surface area contributed by atoms with Gasteiger partial charge in [-0.3, -0.25) is 0 Å². The molecule has 0 aliphatic carbocycles. The maximum atomic E-state index is 5.08. The van der Waals surface area contributed by atoms with Crippen LogP contribution in [0.15, 0.2) is 10.8 Å². The Bertz CT molecular complexity index is 215. The maximum absolute atomic E-state index is 5.08. The first-order valence-electron chi connectivity index (χ1n) is 3.29. The summed E-state index contributed by atoms with van der Waals surface area (Å²) in [6.45, 7) is 3.99. The van der Waals surface area contributed by atoms with Gasteiger partial charge < -0.3 is 9.73 Å². The molecule has 0 atom stereocenters. The smallest absolute Gasteiger partial charge is 0.224 e. The number of aromatic nitrogens is 2. The lowest BCUT2D eigenvalue weighted by atomic mass is 9.84. The van der Waals surface area contributed by atoms with Crippen molar-refractivity contribution in [2.75, 3.05) is 13.1 Å². The number of hydrogen-bond acceptors (Lipinski definition) is 4. The second-order valence-electron chi connectivity index (χ2n) is 2.91. The first kappa shape index (κ1) is 5.85. The van der Waals surface area contributed by atoms with Crippen LogP contribution in [0, 0.1) is 0 Å². The second-order valence-corrected chi connectivity index (χ2v) is 2.91. The molecule has 0 spiro atoms. The monoisotopic (exact) mass is 139 g/mol. The summed E-state index contributed by atoms with van der Waals surface area (Å²) in [6.07, 6.45) is 1.37. The summed E-state index contributed by atoms with van der Waals surface area (Å²) < 4.78 is 5.08. The van der Waals surface area contributed by atoms with E-state index in [0.29, 0.717) is 0 Å². The average molecular weight is 139 g/mol. The van der Waals surface area contributed by atoms with E-state index in [1.165, 1.54) is 6.39 Å². The minimum Gasteiger partial charge on any atom is -0.427 e. The number of rotatable bonds is 1. The maximum Gasteiger partial charge on any atom is 0.224 e. The Morgan fingerprint density at radius 2 is 2.50 bits per heavy atom. The van der Waals surface area contributed by atoms with Gasteiger partial charge in [0, 0.05) is 13.1 Å². The molecule has 0 saturated carbocycles. The van der Waals surface area contributed by atoms with Crippen molar-refractivity contribution in [3.8, 4) is 0 Å². The van der Waals surface area contributed by atoms with E-state index >= 15 is 0 Å². The van der Waals surface area contributed by atoms with E-state index in [1.54, 1.807) is 0 Å². The van der Waals surface area contributed by atoms with E-state index in [1.807, 2.05) is 0 Å². The van der Waals surface area contributed by atoms with Crippen LogP contribution in [0.4, 0.5) is 0 Å². The number of nitrogens with one attached hydrogen (secondary N) is 1. The van der Waals surface area contributed by atoms with Crippen molar-refractivity contribution in [3.63, 3.8) is 0 Å². The van der Waals surface area contributed by atoms with Crippen LogP contribution in [0.2, 0.25) is 0 Å². The molecule has 1 N–H and O–H groups in total. The van der Waals surface area contributed by atoms with Gasteiger partial charge in [-0.1, -0.05) is 0 Å². The zero-order valence-electron chi connectivity index (χ0n) is 5.79. The Labute approximate surface area is 58.6 Å². The molecule has 1 fully saturated rings. The van der Waals surface area contributed by atoms with Gasteiger partial charge in [0.2, 0.25) is 12.3 Å². The van der Waals surface area contributed by atoms with Gasteiger partial charge in [-0.25, -0.2) is 0 Å². The summed E-state index contributed by atoms with van der Waals surface area (Å²) in [4.78, 5) is 0. The van der Waals surface area contributed by atoms with Crippen molar-refractivity contribution in [2.24, 2.45) is 0 Å². The van der Waals surface area contributed by atoms with Gasteiger partial charge in [-0.15, -0.1) is 10.2 Å². The van der Waals surface area contributed by atoms with Crippen molar-refractivity contribution >= 4 is 0 Å². The number of nitrogens with zero attached hydrogens (tertiary/aromatic N) is 2. The summed E-state index contributed by atoms with van der Waals surface area (Å²) in [5, 5.41) is 10.6. The Hall–Kier alpha value is -0.900. The van der Waals surface area contributed by atoms with Gasteiger partial charge in [0.05, 0.1) is 5.41 Å². The summed E-state index contributed by atoms with van der Waals surface area (Å²) in [5.74, 6) is 0.742. The predicted molar refractivity (Wildman–Crippen MR) is 34.5 cm³/mol. The molecule has 1 saturated heterocycles. The highest BCUT2D eigenvalue weighted by atomic mass is 16.4. The fourth-order valence-electron chi connectivity index (χ4n) is 1.09. The highest BCUT2D eigenvalue weighted by Gasteiger charge is 2.38. The normalized spacial score (nSPS) is 22.1. The first-order chi connectivity index (χ1) is 4.81. The van der Waals surface area contributed by atoms with Crippen molar-refractivity contribution in [1.82, 2.24) is 15.5 Å². The molecule has 0 aromatic carbocycles. The minimum atomic E-state index is 0.0938. The van der Waals surface area contributed by atoms with Gasteiger partial charge in [0.25, 0.3) is 0 Å². The average Bonchev–Trinajstić information content (AvgIpc) is 2.33. The molecular weight excluding hydrogens is 130 g/mol. The van der Waals surface area contributed by atoms with Crippen LogP contribution in [0.5, 0.6) is 0 Å². The van der Waals surface area contributed by atoms with E-state index in [4.69, 9.17) is 4.42 Å². The minimum absolute atomic E-state index is 0.0938. The van der Waals surface area contributed by atoms with Gasteiger partial charge in [-0.2, -0.15) is 0 Å².